The molecule has 0 aliphatic carbocycles. The molecule has 3 aromatic rings. The smallest absolute Gasteiger partial charge is 0.304 e. The van der Waals surface area contributed by atoms with Gasteiger partial charge in [0.15, 0.2) is 5.69 Å². The first-order chi connectivity index (χ1) is 10.1. The number of nitriles is 1. The molecule has 0 saturated carbocycles. The highest BCUT2D eigenvalue weighted by Gasteiger charge is 2.23. The molecule has 0 aliphatic rings. The Morgan fingerprint density at radius 3 is 2.57 bits per heavy atom. The zero-order valence-corrected chi connectivity index (χ0v) is 11.3. The molecule has 0 bridgehead atoms. The van der Waals surface area contributed by atoms with Crippen LogP contribution in [0.2, 0.25) is 0 Å². The molecule has 0 radical (unpaired) electrons. The summed E-state index contributed by atoms with van der Waals surface area (Å²) in [6, 6.07) is 15.5. The number of hydrogen-bond acceptors (Lipinski definition) is 3. The molecule has 0 amide bonds. The van der Waals surface area contributed by atoms with Crippen LogP contribution in [0.3, 0.4) is 0 Å². The molecule has 5 heteroatoms. The lowest BCUT2D eigenvalue weighted by molar-refractivity contribution is -0.452. The monoisotopic (exact) mass is 277 g/mol. The van der Waals surface area contributed by atoms with Gasteiger partial charge in [0, 0.05) is 11.0 Å². The normalized spacial score (nSPS) is 10.5. The van der Waals surface area contributed by atoms with Gasteiger partial charge in [0.25, 0.3) is 5.52 Å². The fourth-order valence-electron chi connectivity index (χ4n) is 2.35. The third kappa shape index (κ3) is 1.94. The first-order valence-electron chi connectivity index (χ1n) is 6.38. The van der Waals surface area contributed by atoms with Crippen molar-refractivity contribution in [3.8, 4) is 17.3 Å². The highest BCUT2D eigenvalue weighted by molar-refractivity contribution is 5.77. The highest BCUT2D eigenvalue weighted by atomic mass is 16.5. The lowest BCUT2D eigenvalue weighted by Crippen LogP contribution is -2.24. The molecular weight excluding hydrogens is 266 g/mol. The van der Waals surface area contributed by atoms with E-state index in [1.807, 2.05) is 13.0 Å². The van der Waals surface area contributed by atoms with E-state index in [2.05, 4.69) is 0 Å². The predicted molar refractivity (Wildman–Crippen MR) is 79.0 cm³/mol. The molecule has 0 spiro atoms. The van der Waals surface area contributed by atoms with Gasteiger partial charge in [-0.3, -0.25) is 0 Å². The third-order valence-corrected chi connectivity index (χ3v) is 3.35. The molecule has 1 aromatic heterocycles. The largest absolute Gasteiger partial charge is 0.804 e. The Kier molecular flexibility index (Phi) is 2.92. The summed E-state index contributed by atoms with van der Waals surface area (Å²) in [6.45, 7) is 1.83. The number of hydrogen-bond donors (Lipinski definition) is 0. The minimum Gasteiger partial charge on any atom is -0.804 e. The van der Waals surface area contributed by atoms with Gasteiger partial charge in [-0.25, -0.2) is 0 Å². The van der Waals surface area contributed by atoms with Crippen molar-refractivity contribution in [3.63, 3.8) is 0 Å². The molecule has 21 heavy (non-hydrogen) atoms. The standard InChI is InChI=1S/C16H11N3O2/c1-11-7-8-13-14(9-11)18(20)15(10-17)16(19(13)21)12-5-3-2-4-6-12/h2-9H,1H3. The van der Waals surface area contributed by atoms with Crippen molar-refractivity contribution in [2.24, 2.45) is 0 Å². The van der Waals surface area contributed by atoms with E-state index in [1.165, 1.54) is 0 Å². The predicted octanol–water partition coefficient (Wildman–Crippen LogP) is 2.75. The van der Waals surface area contributed by atoms with Crippen molar-refractivity contribution >= 4 is 11.0 Å². The summed E-state index contributed by atoms with van der Waals surface area (Å²) in [6.07, 6.45) is 0. The van der Waals surface area contributed by atoms with Gasteiger partial charge in [-0.05, 0) is 30.7 Å². The van der Waals surface area contributed by atoms with Crippen LogP contribution in [0.4, 0.5) is 0 Å². The highest BCUT2D eigenvalue weighted by Crippen LogP contribution is 2.23. The van der Waals surface area contributed by atoms with E-state index < -0.39 is 0 Å². The number of aryl methyl sites for hydroxylation is 1. The minimum absolute atomic E-state index is 0.0736. The second-order valence-electron chi connectivity index (χ2n) is 4.76. The number of rotatable bonds is 1. The van der Waals surface area contributed by atoms with Crippen LogP contribution in [0, 0.1) is 28.4 Å². The summed E-state index contributed by atoms with van der Waals surface area (Å²) in [7, 11) is 0. The number of benzene rings is 2. The van der Waals surface area contributed by atoms with Crippen molar-refractivity contribution in [2.45, 2.75) is 6.92 Å². The average molecular weight is 277 g/mol. The topological polar surface area (TPSA) is 74.8 Å². The summed E-state index contributed by atoms with van der Waals surface area (Å²) >= 11 is 0. The lowest BCUT2D eigenvalue weighted by atomic mass is 10.1. The Bertz CT molecular complexity index is 938. The molecule has 2 aromatic carbocycles. The van der Waals surface area contributed by atoms with Crippen LogP contribution >= 0.6 is 0 Å². The average Bonchev–Trinajstić information content (AvgIpc) is 2.51. The van der Waals surface area contributed by atoms with Gasteiger partial charge in [-0.15, -0.1) is 0 Å². The van der Waals surface area contributed by atoms with E-state index in [9.17, 15) is 15.4 Å². The van der Waals surface area contributed by atoms with Crippen LogP contribution < -0.4 is 4.43 Å². The molecule has 0 N–H and O–H groups in total. The van der Waals surface area contributed by atoms with E-state index >= 15 is 0 Å². The maximum atomic E-state index is 12.6. The fourth-order valence-corrected chi connectivity index (χ4v) is 2.35. The summed E-state index contributed by atoms with van der Waals surface area (Å²) in [5, 5.41) is 21.7. The number of nitrogens with zero attached hydrogens (tertiary/aromatic N) is 3. The van der Waals surface area contributed by atoms with Crippen LogP contribution in [-0.2, 0) is 0 Å². The van der Waals surface area contributed by atoms with E-state index in [-0.39, 0.29) is 22.4 Å². The lowest BCUT2D eigenvalue weighted by Gasteiger charge is -2.15. The molecule has 0 atom stereocenters. The van der Waals surface area contributed by atoms with Crippen molar-refractivity contribution < 1.29 is 4.43 Å². The van der Waals surface area contributed by atoms with Crippen LogP contribution in [0.15, 0.2) is 48.5 Å². The first-order valence-corrected chi connectivity index (χ1v) is 6.38. The van der Waals surface area contributed by atoms with Crippen molar-refractivity contribution in [3.05, 3.63) is 69.9 Å². The maximum absolute atomic E-state index is 12.6. The van der Waals surface area contributed by atoms with E-state index in [0.717, 1.165) is 5.56 Å². The first kappa shape index (κ1) is 12.9. The Balaban J connectivity index is 2.52. The molecule has 3 rings (SSSR count). The van der Waals surface area contributed by atoms with Crippen molar-refractivity contribution in [2.75, 3.05) is 0 Å². The molecule has 102 valence electrons. The zero-order valence-electron chi connectivity index (χ0n) is 11.3. The molecule has 1 heterocycles. The summed E-state index contributed by atoms with van der Waals surface area (Å²) in [5.74, 6) is 0. The fraction of sp³-hybridized carbons (Fsp3) is 0.0625. The van der Waals surface area contributed by atoms with Crippen molar-refractivity contribution in [1.82, 2.24) is 4.73 Å². The van der Waals surface area contributed by atoms with Gasteiger partial charge in [0.2, 0.25) is 0 Å². The van der Waals surface area contributed by atoms with Gasteiger partial charge < -0.3 is 9.94 Å². The number of fused-ring (bicyclic) bond motifs is 1. The van der Waals surface area contributed by atoms with Gasteiger partial charge in [-0.1, -0.05) is 24.3 Å². The second-order valence-corrected chi connectivity index (χ2v) is 4.76. The van der Waals surface area contributed by atoms with Gasteiger partial charge >= 0.3 is 5.69 Å². The number of aromatic nitrogens is 2. The molecular formula is C16H11N3O2. The summed E-state index contributed by atoms with van der Waals surface area (Å²) in [5.41, 5.74) is 1.70. The summed E-state index contributed by atoms with van der Waals surface area (Å²) < 4.78 is 1.18. The molecule has 0 unspecified atom stereocenters. The zero-order chi connectivity index (χ0) is 15.0. The maximum Gasteiger partial charge on any atom is 0.304 e. The Morgan fingerprint density at radius 1 is 1.19 bits per heavy atom. The van der Waals surface area contributed by atoms with Crippen LogP contribution in [0.5, 0.6) is 0 Å². The van der Waals surface area contributed by atoms with E-state index in [4.69, 9.17) is 0 Å². The SMILES string of the molecule is Cc1ccc2c(c1)n([O-])c(C#N)c(-c1ccccc1)[n+]2=O. The molecule has 0 aliphatic heterocycles. The quantitative estimate of drug-likeness (QED) is 0.642. The van der Waals surface area contributed by atoms with E-state index in [1.54, 1.807) is 48.5 Å². The van der Waals surface area contributed by atoms with Gasteiger partial charge in [0.05, 0.1) is 9.99 Å². The van der Waals surface area contributed by atoms with Crippen LogP contribution in [0.25, 0.3) is 22.3 Å². The molecule has 0 fully saturated rings. The molecule has 0 saturated heterocycles. The molecule has 5 nitrogen and oxygen atoms in total. The minimum atomic E-state index is -0.200. The Labute approximate surface area is 120 Å². The second kappa shape index (κ2) is 4.76. The van der Waals surface area contributed by atoms with Gasteiger partial charge in [-0.2, -0.15) is 5.26 Å². The third-order valence-electron chi connectivity index (χ3n) is 3.35. The van der Waals surface area contributed by atoms with Crippen LogP contribution in [0.1, 0.15) is 11.3 Å². The Morgan fingerprint density at radius 2 is 1.90 bits per heavy atom. The van der Waals surface area contributed by atoms with E-state index in [0.29, 0.717) is 14.7 Å². The summed E-state index contributed by atoms with van der Waals surface area (Å²) in [4.78, 5) is 12.6. The Hall–Kier alpha value is -3.13. The van der Waals surface area contributed by atoms with Crippen molar-refractivity contribution in [1.29, 1.82) is 5.26 Å². The van der Waals surface area contributed by atoms with Gasteiger partial charge in [0.1, 0.15) is 11.6 Å². The van der Waals surface area contributed by atoms with Crippen LogP contribution in [-0.4, -0.2) is 4.73 Å².